The van der Waals surface area contributed by atoms with Gasteiger partial charge in [0.2, 0.25) is 0 Å². The topological polar surface area (TPSA) is 43.1 Å². The molecule has 16 heavy (non-hydrogen) atoms. The molecule has 0 saturated carbocycles. The van der Waals surface area contributed by atoms with Crippen LogP contribution >= 0.6 is 39.3 Å². The lowest BCUT2D eigenvalue weighted by Crippen LogP contribution is -2.00. The first-order valence-electron chi connectivity index (χ1n) is 4.31. The van der Waals surface area contributed by atoms with Crippen LogP contribution in [0, 0.1) is 15.9 Å². The highest BCUT2D eigenvalue weighted by atomic mass is 79.9. The number of thioether (sulfide) groups is 1. The molecule has 0 amide bonds. The zero-order valence-electron chi connectivity index (χ0n) is 8.25. The van der Waals surface area contributed by atoms with E-state index in [4.69, 9.17) is 11.6 Å². The molecule has 0 aliphatic rings. The van der Waals surface area contributed by atoms with E-state index >= 15 is 0 Å². The van der Waals surface area contributed by atoms with Crippen molar-refractivity contribution in [2.45, 2.75) is 17.1 Å². The fourth-order valence-corrected chi connectivity index (χ4v) is 2.62. The summed E-state index contributed by atoms with van der Waals surface area (Å²) in [5.41, 5.74) is -0.234. The Morgan fingerprint density at radius 2 is 2.31 bits per heavy atom. The third-order valence-electron chi connectivity index (χ3n) is 1.74. The lowest BCUT2D eigenvalue weighted by molar-refractivity contribution is -0.387. The number of halogens is 3. The van der Waals surface area contributed by atoms with Gasteiger partial charge >= 0.3 is 0 Å². The van der Waals surface area contributed by atoms with Gasteiger partial charge in [-0.3, -0.25) is 10.1 Å². The van der Waals surface area contributed by atoms with Gasteiger partial charge in [0.05, 0.1) is 20.4 Å². The lowest BCUT2D eigenvalue weighted by atomic mass is 10.3. The van der Waals surface area contributed by atoms with Gasteiger partial charge in [-0.1, -0.05) is 6.92 Å². The lowest BCUT2D eigenvalue weighted by Gasteiger charge is -2.08. The third kappa shape index (κ3) is 3.33. The molecular weight excluding hydrogens is 321 g/mol. The van der Waals surface area contributed by atoms with Crippen LogP contribution in [0.4, 0.5) is 10.1 Å². The Kier molecular flexibility index (Phi) is 5.01. The molecule has 1 unspecified atom stereocenters. The van der Waals surface area contributed by atoms with Gasteiger partial charge in [0.1, 0.15) is 5.82 Å². The van der Waals surface area contributed by atoms with Crippen LogP contribution in [0.25, 0.3) is 0 Å². The Hall–Kier alpha value is -0.330. The van der Waals surface area contributed by atoms with E-state index in [-0.39, 0.29) is 15.4 Å². The second kappa shape index (κ2) is 5.84. The Morgan fingerprint density at radius 3 is 2.81 bits per heavy atom. The maximum atomic E-state index is 13.2. The quantitative estimate of drug-likeness (QED) is 0.360. The molecule has 0 heterocycles. The summed E-state index contributed by atoms with van der Waals surface area (Å²) < 4.78 is 13.4. The fraction of sp³-hybridized carbons (Fsp3) is 0.333. The molecule has 1 rings (SSSR count). The third-order valence-corrected chi connectivity index (χ3v) is 4.15. The first-order valence-corrected chi connectivity index (χ1v) is 6.52. The molecule has 0 aromatic heterocycles. The normalized spacial score (nSPS) is 12.5. The predicted octanol–water partition coefficient (Wildman–Crippen LogP) is 4.22. The molecule has 0 N–H and O–H groups in total. The molecule has 1 aromatic carbocycles. The van der Waals surface area contributed by atoms with Crippen LogP contribution in [-0.4, -0.2) is 16.1 Å². The number of hydrogen-bond acceptors (Lipinski definition) is 3. The molecule has 0 aliphatic heterocycles. The molecule has 0 saturated heterocycles. The number of benzene rings is 1. The molecule has 0 bridgehead atoms. The molecule has 1 aromatic rings. The van der Waals surface area contributed by atoms with Gasteiger partial charge in [0.15, 0.2) is 0 Å². The molecule has 3 nitrogen and oxygen atoms in total. The summed E-state index contributed by atoms with van der Waals surface area (Å²) in [6, 6.07) is 2.31. The van der Waals surface area contributed by atoms with Gasteiger partial charge in [-0.25, -0.2) is 4.39 Å². The summed E-state index contributed by atoms with van der Waals surface area (Å²) in [6.07, 6.45) is 0. The van der Waals surface area contributed by atoms with Crippen molar-refractivity contribution in [1.82, 2.24) is 0 Å². The number of nitro benzene ring substituents is 1. The molecular formula is C9H8BrClFNO2S. The van der Waals surface area contributed by atoms with Crippen molar-refractivity contribution in [3.8, 4) is 0 Å². The fourth-order valence-electron chi connectivity index (χ4n) is 1.00. The van der Waals surface area contributed by atoms with E-state index in [9.17, 15) is 14.5 Å². The molecule has 0 fully saturated rings. The molecule has 7 heteroatoms. The van der Waals surface area contributed by atoms with Crippen molar-refractivity contribution in [2.24, 2.45) is 0 Å². The minimum atomic E-state index is -0.644. The van der Waals surface area contributed by atoms with Crippen LogP contribution in [0.1, 0.15) is 6.92 Å². The minimum Gasteiger partial charge on any atom is -0.258 e. The number of nitro groups is 1. The molecule has 0 aliphatic carbocycles. The maximum Gasteiger partial charge on any atom is 0.285 e. The zero-order valence-corrected chi connectivity index (χ0v) is 11.4. The number of alkyl halides is 1. The zero-order chi connectivity index (χ0) is 12.3. The molecule has 0 spiro atoms. The standard InChI is InChI=1S/C9H8BrClFNO2S/c1-5(4-11)16-9-2-6(10)7(12)3-8(9)13(14)15/h2-3,5H,4H2,1H3. The second-order valence-electron chi connectivity index (χ2n) is 3.07. The van der Waals surface area contributed by atoms with Crippen LogP contribution in [0.3, 0.4) is 0 Å². The van der Waals surface area contributed by atoms with Gasteiger partial charge in [-0.15, -0.1) is 23.4 Å². The van der Waals surface area contributed by atoms with Gasteiger partial charge in [-0.2, -0.15) is 0 Å². The van der Waals surface area contributed by atoms with Crippen LogP contribution < -0.4 is 0 Å². The van der Waals surface area contributed by atoms with Crippen LogP contribution in [0.2, 0.25) is 0 Å². The second-order valence-corrected chi connectivity index (χ2v) is 5.72. The molecule has 0 radical (unpaired) electrons. The summed E-state index contributed by atoms with van der Waals surface area (Å²) in [4.78, 5) is 10.5. The average Bonchev–Trinajstić information content (AvgIpc) is 2.22. The van der Waals surface area contributed by atoms with Gasteiger partial charge in [-0.05, 0) is 22.0 Å². The van der Waals surface area contributed by atoms with Crippen molar-refractivity contribution in [3.05, 3.63) is 32.5 Å². The first kappa shape index (κ1) is 13.7. The number of rotatable bonds is 4. The predicted molar refractivity (Wildman–Crippen MR) is 66.8 cm³/mol. The average molecular weight is 329 g/mol. The Morgan fingerprint density at radius 1 is 1.69 bits per heavy atom. The summed E-state index contributed by atoms with van der Waals surface area (Å²) in [5.74, 6) is -0.272. The van der Waals surface area contributed by atoms with Crippen molar-refractivity contribution < 1.29 is 9.31 Å². The Labute approximate surface area is 110 Å². The summed E-state index contributed by atoms with van der Waals surface area (Å²) in [5, 5.41) is 10.8. The minimum absolute atomic E-state index is 0.0257. The summed E-state index contributed by atoms with van der Waals surface area (Å²) in [7, 11) is 0. The number of nitrogens with zero attached hydrogens (tertiary/aromatic N) is 1. The summed E-state index contributed by atoms with van der Waals surface area (Å²) >= 11 is 9.88. The van der Waals surface area contributed by atoms with Crippen LogP contribution in [0.5, 0.6) is 0 Å². The van der Waals surface area contributed by atoms with Crippen molar-refractivity contribution >= 4 is 45.0 Å². The highest BCUT2D eigenvalue weighted by Crippen LogP contribution is 2.36. The van der Waals surface area contributed by atoms with Crippen molar-refractivity contribution in [2.75, 3.05) is 5.88 Å². The first-order chi connectivity index (χ1) is 7.45. The van der Waals surface area contributed by atoms with E-state index < -0.39 is 10.7 Å². The van der Waals surface area contributed by atoms with E-state index in [0.29, 0.717) is 10.8 Å². The SMILES string of the molecule is CC(CCl)Sc1cc(Br)c(F)cc1[N+](=O)[O-]. The molecule has 88 valence electrons. The van der Waals surface area contributed by atoms with Gasteiger partial charge in [0, 0.05) is 11.1 Å². The Balaban J connectivity index is 3.14. The van der Waals surface area contributed by atoms with Crippen LogP contribution in [-0.2, 0) is 0 Å². The van der Waals surface area contributed by atoms with E-state index in [1.54, 1.807) is 0 Å². The highest BCUT2D eigenvalue weighted by molar-refractivity contribution is 9.10. The highest BCUT2D eigenvalue weighted by Gasteiger charge is 2.19. The number of hydrogen-bond donors (Lipinski definition) is 0. The molecule has 1 atom stereocenters. The van der Waals surface area contributed by atoms with Gasteiger partial charge < -0.3 is 0 Å². The smallest absolute Gasteiger partial charge is 0.258 e. The van der Waals surface area contributed by atoms with Gasteiger partial charge in [0.25, 0.3) is 5.69 Å². The van der Waals surface area contributed by atoms with Crippen molar-refractivity contribution in [3.63, 3.8) is 0 Å². The van der Waals surface area contributed by atoms with E-state index in [0.717, 1.165) is 6.07 Å². The van der Waals surface area contributed by atoms with Crippen molar-refractivity contribution in [1.29, 1.82) is 0 Å². The Bertz CT molecular complexity index is 419. The summed E-state index contributed by atoms with van der Waals surface area (Å²) in [6.45, 7) is 1.85. The van der Waals surface area contributed by atoms with Crippen LogP contribution in [0.15, 0.2) is 21.5 Å². The largest absolute Gasteiger partial charge is 0.285 e. The van der Waals surface area contributed by atoms with E-state index in [1.807, 2.05) is 6.92 Å². The van der Waals surface area contributed by atoms with E-state index in [1.165, 1.54) is 17.8 Å². The van der Waals surface area contributed by atoms with E-state index in [2.05, 4.69) is 15.9 Å². The monoisotopic (exact) mass is 327 g/mol. The maximum absolute atomic E-state index is 13.2.